The van der Waals surface area contributed by atoms with Gasteiger partial charge >= 0.3 is 5.97 Å². The summed E-state index contributed by atoms with van der Waals surface area (Å²) in [4.78, 5) is 25.2. The molecule has 0 radical (unpaired) electrons. The molecule has 5 saturated carbocycles. The van der Waals surface area contributed by atoms with Gasteiger partial charge in [0, 0.05) is 17.8 Å². The molecule has 5 aliphatic rings. The van der Waals surface area contributed by atoms with E-state index in [1.54, 1.807) is 6.92 Å². The molecule has 5 fully saturated rings. The number of ketones is 1. The largest absolute Gasteiger partial charge is 0.462 e. The van der Waals surface area contributed by atoms with Gasteiger partial charge in [-0.3, -0.25) is 9.59 Å². The zero-order valence-corrected chi connectivity index (χ0v) is 24.5. The van der Waals surface area contributed by atoms with Crippen LogP contribution in [-0.4, -0.2) is 17.9 Å². The first-order valence-corrected chi connectivity index (χ1v) is 15.0. The van der Waals surface area contributed by atoms with E-state index >= 15 is 0 Å². The normalized spacial score (nSPS) is 51.2. The van der Waals surface area contributed by atoms with Gasteiger partial charge in [0.15, 0.2) is 0 Å². The second-order valence-corrected chi connectivity index (χ2v) is 15.4. The Kier molecular flexibility index (Phi) is 6.02. The van der Waals surface area contributed by atoms with E-state index < -0.39 is 0 Å². The molecule has 0 aliphatic heterocycles. The third kappa shape index (κ3) is 3.22. The second kappa shape index (κ2) is 8.19. The summed E-state index contributed by atoms with van der Waals surface area (Å²) in [5.74, 6) is 3.19. The lowest BCUT2D eigenvalue weighted by molar-refractivity contribution is -0.248. The van der Waals surface area contributed by atoms with Gasteiger partial charge in [0.25, 0.3) is 0 Å². The van der Waals surface area contributed by atoms with Crippen LogP contribution in [0.2, 0.25) is 0 Å². The molecule has 0 bridgehead atoms. The van der Waals surface area contributed by atoms with Crippen molar-refractivity contribution < 1.29 is 14.3 Å². The summed E-state index contributed by atoms with van der Waals surface area (Å²) in [6.07, 6.45) is 11.7. The predicted octanol–water partition coefficient (Wildman–Crippen LogP) is 8.16. The molecule has 10 atom stereocenters. The third-order valence-corrected chi connectivity index (χ3v) is 14.0. The summed E-state index contributed by atoms with van der Waals surface area (Å²) in [7, 11) is 0. The molecule has 0 spiro atoms. The van der Waals surface area contributed by atoms with Gasteiger partial charge in [-0.05, 0) is 124 Å². The van der Waals surface area contributed by atoms with E-state index in [4.69, 9.17) is 4.74 Å². The van der Waals surface area contributed by atoms with Crippen LogP contribution in [0.3, 0.4) is 0 Å². The summed E-state index contributed by atoms with van der Waals surface area (Å²) >= 11 is 0. The number of carbonyl (C=O) groups is 2. The van der Waals surface area contributed by atoms with Crippen LogP contribution in [0.25, 0.3) is 0 Å². The molecule has 0 N–H and O–H groups in total. The van der Waals surface area contributed by atoms with Gasteiger partial charge in [0.2, 0.25) is 0 Å². The first kappa shape index (κ1) is 26.5. The smallest absolute Gasteiger partial charge is 0.302 e. The molecule has 0 aromatic heterocycles. The number of ether oxygens (including phenoxy) is 1. The average Bonchev–Trinajstić information content (AvgIpc) is 3.17. The molecule has 6 unspecified atom stereocenters. The van der Waals surface area contributed by atoms with Gasteiger partial charge in [-0.25, -0.2) is 0 Å². The van der Waals surface area contributed by atoms with Crippen LogP contribution in [0.5, 0.6) is 0 Å². The topological polar surface area (TPSA) is 43.4 Å². The van der Waals surface area contributed by atoms with Crippen LogP contribution in [0, 0.1) is 56.7 Å². The summed E-state index contributed by atoms with van der Waals surface area (Å²) in [5, 5.41) is 0. The third-order valence-electron chi connectivity index (χ3n) is 14.0. The van der Waals surface area contributed by atoms with Crippen molar-refractivity contribution in [3.8, 4) is 0 Å². The Balaban J connectivity index is 1.52. The fourth-order valence-electron chi connectivity index (χ4n) is 12.1. The van der Waals surface area contributed by atoms with Crippen LogP contribution in [0.4, 0.5) is 0 Å². The molecule has 5 aliphatic carbocycles. The highest BCUT2D eigenvalue weighted by Gasteiger charge is 2.71. The highest BCUT2D eigenvalue weighted by molar-refractivity contribution is 5.83. The van der Waals surface area contributed by atoms with Crippen LogP contribution in [0.1, 0.15) is 120 Å². The van der Waals surface area contributed by atoms with Gasteiger partial charge in [0.1, 0.15) is 11.9 Å². The Bertz CT molecular complexity index is 964. The minimum Gasteiger partial charge on any atom is -0.462 e. The van der Waals surface area contributed by atoms with E-state index in [2.05, 4.69) is 48.1 Å². The maximum atomic E-state index is 13.3. The molecule has 0 heterocycles. The number of carbonyl (C=O) groups excluding carboxylic acids is 2. The highest BCUT2D eigenvalue weighted by atomic mass is 16.5. The summed E-state index contributed by atoms with van der Waals surface area (Å²) in [6, 6.07) is 0. The second-order valence-electron chi connectivity index (χ2n) is 15.4. The minimum absolute atomic E-state index is 0.00457. The quantitative estimate of drug-likeness (QED) is 0.292. The van der Waals surface area contributed by atoms with Crippen molar-refractivity contribution >= 4 is 11.8 Å². The molecule has 36 heavy (non-hydrogen) atoms. The van der Waals surface area contributed by atoms with Crippen molar-refractivity contribution in [3.63, 3.8) is 0 Å². The molecule has 202 valence electrons. The number of hydrogen-bond donors (Lipinski definition) is 0. The van der Waals surface area contributed by atoms with Crippen molar-refractivity contribution in [2.45, 2.75) is 126 Å². The van der Waals surface area contributed by atoms with Crippen molar-refractivity contribution in [3.05, 3.63) is 12.2 Å². The summed E-state index contributed by atoms with van der Waals surface area (Å²) in [6.45, 7) is 22.7. The Morgan fingerprint density at radius 1 is 0.750 bits per heavy atom. The lowest BCUT2D eigenvalue weighted by atomic mass is 9.32. The average molecular weight is 497 g/mol. The predicted molar refractivity (Wildman–Crippen MR) is 145 cm³/mol. The van der Waals surface area contributed by atoms with Gasteiger partial charge in [-0.1, -0.05) is 46.8 Å². The molecule has 0 saturated heterocycles. The van der Waals surface area contributed by atoms with Crippen LogP contribution < -0.4 is 0 Å². The Morgan fingerprint density at radius 2 is 1.44 bits per heavy atom. The fraction of sp³-hybridized carbons (Fsp3) is 0.879. The first-order valence-electron chi connectivity index (χ1n) is 15.0. The Hall–Kier alpha value is -1.12. The summed E-state index contributed by atoms with van der Waals surface area (Å²) in [5.41, 5.74) is 2.03. The number of allylic oxidation sites excluding steroid dienone is 1. The molecular weight excluding hydrogens is 444 g/mol. The van der Waals surface area contributed by atoms with E-state index in [0.717, 1.165) is 32.1 Å². The highest BCUT2D eigenvalue weighted by Crippen LogP contribution is 2.77. The maximum absolute atomic E-state index is 13.3. The number of rotatable bonds is 3. The van der Waals surface area contributed by atoms with Gasteiger partial charge in [0.05, 0.1) is 0 Å². The fourth-order valence-corrected chi connectivity index (χ4v) is 12.1. The van der Waals surface area contributed by atoms with Crippen LogP contribution >= 0.6 is 0 Å². The van der Waals surface area contributed by atoms with E-state index in [0.29, 0.717) is 35.4 Å². The minimum atomic E-state index is -0.134. The van der Waals surface area contributed by atoms with Crippen molar-refractivity contribution in [1.82, 2.24) is 0 Å². The Labute approximate surface area is 220 Å². The lowest BCUT2D eigenvalue weighted by Gasteiger charge is -2.73. The monoisotopic (exact) mass is 496 g/mol. The maximum Gasteiger partial charge on any atom is 0.302 e. The zero-order chi connectivity index (χ0) is 26.5. The number of esters is 1. The molecule has 5 rings (SSSR count). The number of Topliss-reactive ketones (excluding diaryl/α,β-unsaturated/α-hetero) is 1. The summed E-state index contributed by atoms with van der Waals surface area (Å²) < 4.78 is 5.90. The lowest BCUT2D eigenvalue weighted by Crippen LogP contribution is -2.67. The van der Waals surface area contributed by atoms with Gasteiger partial charge < -0.3 is 4.74 Å². The van der Waals surface area contributed by atoms with Crippen molar-refractivity contribution in [2.24, 2.45) is 56.7 Å². The Morgan fingerprint density at radius 3 is 2.06 bits per heavy atom. The van der Waals surface area contributed by atoms with Gasteiger partial charge in [-0.15, -0.1) is 0 Å². The SMILES string of the molecule is C=C(C)C1CCC2(C(C)=O)CC[C@]3(C)C(CCC4[C@@]5(C)CC[C@H](OC(C)=O)C(C)(C)C5CC[C@]43C)C12. The molecule has 3 heteroatoms. The van der Waals surface area contributed by atoms with E-state index in [1.807, 2.05) is 6.92 Å². The number of fused-ring (bicyclic) bond motifs is 7. The van der Waals surface area contributed by atoms with Crippen LogP contribution in [0.15, 0.2) is 12.2 Å². The molecule has 0 amide bonds. The molecule has 0 aromatic rings. The molecule has 3 nitrogen and oxygen atoms in total. The molecular formula is C33H52O3. The van der Waals surface area contributed by atoms with E-state index in [9.17, 15) is 9.59 Å². The van der Waals surface area contributed by atoms with E-state index in [-0.39, 0.29) is 39.1 Å². The first-order chi connectivity index (χ1) is 16.6. The van der Waals surface area contributed by atoms with Crippen molar-refractivity contribution in [2.75, 3.05) is 0 Å². The zero-order valence-electron chi connectivity index (χ0n) is 24.5. The van der Waals surface area contributed by atoms with Crippen LogP contribution in [-0.2, 0) is 14.3 Å². The molecule has 0 aromatic carbocycles. The van der Waals surface area contributed by atoms with E-state index in [1.165, 1.54) is 37.7 Å². The van der Waals surface area contributed by atoms with Crippen molar-refractivity contribution in [1.29, 1.82) is 0 Å². The van der Waals surface area contributed by atoms with Gasteiger partial charge in [-0.2, -0.15) is 0 Å². The number of hydrogen-bond acceptors (Lipinski definition) is 3. The standard InChI is InChI=1S/C33H52O3/c1-20(2)23-12-17-33(21(3)34)19-18-31(8)24(28(23)33)10-11-26-30(7)15-14-27(36-22(4)35)29(5,6)25(30)13-16-32(26,31)9/h23-28H,1,10-19H2,2-9H3/t23?,24?,25?,26?,27-,28?,30-,31+,32+,33?/m0/s1.